The molecule has 0 unspecified atom stereocenters. The molecule has 1 amide bonds. The first-order valence-electron chi connectivity index (χ1n) is 8.57. The predicted octanol–water partition coefficient (Wildman–Crippen LogP) is 0.750. The molecule has 1 saturated heterocycles. The number of rotatable bonds is 8. The summed E-state index contributed by atoms with van der Waals surface area (Å²) < 4.78 is 37.0. The highest BCUT2D eigenvalue weighted by Gasteiger charge is 2.26. The minimum absolute atomic E-state index is 0.0694. The van der Waals surface area contributed by atoms with Gasteiger partial charge in [0.05, 0.1) is 24.7 Å². The molecule has 1 aliphatic heterocycles. The lowest BCUT2D eigenvalue weighted by atomic mass is 10.2. The van der Waals surface area contributed by atoms with Crippen LogP contribution in [0, 0.1) is 5.92 Å². The van der Waals surface area contributed by atoms with Crippen molar-refractivity contribution in [3.8, 4) is 0 Å². The maximum atomic E-state index is 12.5. The Morgan fingerprint density at radius 2 is 1.88 bits per heavy atom. The summed E-state index contributed by atoms with van der Waals surface area (Å²) in [6, 6.07) is 6.60. The quantitative estimate of drug-likeness (QED) is 0.732. The van der Waals surface area contributed by atoms with E-state index in [1.807, 2.05) is 0 Å². The molecule has 3 rings (SSSR count). The van der Waals surface area contributed by atoms with Gasteiger partial charge in [-0.3, -0.25) is 4.79 Å². The SMILES string of the molecule is O=C(COCC1CC1)NCc1ccc(S(=O)(=O)N2CCOCC2)cc1. The molecule has 25 heavy (non-hydrogen) atoms. The first-order valence-corrected chi connectivity index (χ1v) is 10.0. The summed E-state index contributed by atoms with van der Waals surface area (Å²) in [7, 11) is -3.48. The van der Waals surface area contributed by atoms with Gasteiger partial charge in [0.2, 0.25) is 15.9 Å². The van der Waals surface area contributed by atoms with E-state index in [9.17, 15) is 13.2 Å². The van der Waals surface area contributed by atoms with Gasteiger partial charge in [-0.05, 0) is 36.5 Å². The largest absolute Gasteiger partial charge is 0.379 e. The number of carbonyl (C=O) groups is 1. The normalized spacial score (nSPS) is 18.9. The molecule has 1 N–H and O–H groups in total. The maximum Gasteiger partial charge on any atom is 0.246 e. The third kappa shape index (κ3) is 5.24. The van der Waals surface area contributed by atoms with Gasteiger partial charge < -0.3 is 14.8 Å². The lowest BCUT2D eigenvalue weighted by Gasteiger charge is -2.26. The zero-order valence-electron chi connectivity index (χ0n) is 14.1. The van der Waals surface area contributed by atoms with Gasteiger partial charge in [0.15, 0.2) is 0 Å². The zero-order chi connectivity index (χ0) is 17.7. The first kappa shape index (κ1) is 18.3. The molecule has 1 aromatic rings. The number of hydrogen-bond donors (Lipinski definition) is 1. The summed E-state index contributed by atoms with van der Waals surface area (Å²) in [6.07, 6.45) is 2.39. The van der Waals surface area contributed by atoms with E-state index in [0.717, 1.165) is 5.56 Å². The number of benzene rings is 1. The zero-order valence-corrected chi connectivity index (χ0v) is 15.0. The van der Waals surface area contributed by atoms with Crippen LogP contribution < -0.4 is 5.32 Å². The standard InChI is InChI=1S/C17H24N2O5S/c20-17(13-24-12-15-1-2-15)18-11-14-3-5-16(6-4-14)25(21,22)19-7-9-23-10-8-19/h3-6,15H,1-2,7-13H2,(H,18,20). The Kier molecular flexibility index (Phi) is 6.06. The van der Waals surface area contributed by atoms with Crippen molar-refractivity contribution in [3.63, 3.8) is 0 Å². The summed E-state index contributed by atoms with van der Waals surface area (Å²) in [5, 5.41) is 2.77. The van der Waals surface area contributed by atoms with Crippen LogP contribution in [0.2, 0.25) is 0 Å². The lowest BCUT2D eigenvalue weighted by molar-refractivity contribution is -0.126. The highest BCUT2D eigenvalue weighted by Crippen LogP contribution is 2.28. The number of carbonyl (C=O) groups excluding carboxylic acids is 1. The Bertz CT molecular complexity index is 679. The summed E-state index contributed by atoms with van der Waals surface area (Å²) >= 11 is 0. The van der Waals surface area contributed by atoms with E-state index in [1.165, 1.54) is 17.1 Å². The Labute approximate surface area is 148 Å². The fraction of sp³-hybridized carbons (Fsp3) is 0.588. The highest BCUT2D eigenvalue weighted by atomic mass is 32.2. The molecule has 0 spiro atoms. The Hall–Kier alpha value is -1.48. The minimum atomic E-state index is -3.48. The summed E-state index contributed by atoms with van der Waals surface area (Å²) in [6.45, 7) is 2.67. The first-order chi connectivity index (χ1) is 12.1. The van der Waals surface area contributed by atoms with Crippen LogP contribution >= 0.6 is 0 Å². The molecule has 1 saturated carbocycles. The third-order valence-corrected chi connectivity index (χ3v) is 6.22. The van der Waals surface area contributed by atoms with Crippen molar-refractivity contribution in [2.75, 3.05) is 39.5 Å². The van der Waals surface area contributed by atoms with Crippen molar-refractivity contribution in [1.82, 2.24) is 9.62 Å². The average Bonchev–Trinajstić information content (AvgIpc) is 3.45. The molecule has 8 heteroatoms. The average molecular weight is 368 g/mol. The second-order valence-electron chi connectivity index (χ2n) is 6.40. The number of amides is 1. The second kappa shape index (κ2) is 8.27. The van der Waals surface area contributed by atoms with Gasteiger partial charge in [-0.1, -0.05) is 12.1 Å². The molecule has 0 bridgehead atoms. The predicted molar refractivity (Wildman–Crippen MR) is 91.4 cm³/mol. The summed E-state index contributed by atoms with van der Waals surface area (Å²) in [4.78, 5) is 12.0. The van der Waals surface area contributed by atoms with Crippen LogP contribution in [0.25, 0.3) is 0 Å². The van der Waals surface area contributed by atoms with Crippen molar-refractivity contribution in [2.45, 2.75) is 24.3 Å². The van der Waals surface area contributed by atoms with Gasteiger partial charge in [0.1, 0.15) is 6.61 Å². The van der Waals surface area contributed by atoms with Crippen LogP contribution in [0.4, 0.5) is 0 Å². The fourth-order valence-electron chi connectivity index (χ4n) is 2.57. The van der Waals surface area contributed by atoms with Gasteiger partial charge in [-0.2, -0.15) is 4.31 Å². The molecular weight excluding hydrogens is 344 g/mol. The summed E-state index contributed by atoms with van der Waals surface area (Å²) in [5.74, 6) is 0.472. The van der Waals surface area contributed by atoms with E-state index >= 15 is 0 Å². The van der Waals surface area contributed by atoms with Crippen LogP contribution in [-0.4, -0.2) is 58.1 Å². The van der Waals surface area contributed by atoms with Crippen molar-refractivity contribution in [2.24, 2.45) is 5.92 Å². The van der Waals surface area contributed by atoms with Crippen LogP contribution in [0.1, 0.15) is 18.4 Å². The molecule has 7 nitrogen and oxygen atoms in total. The van der Waals surface area contributed by atoms with Gasteiger partial charge in [0.25, 0.3) is 0 Å². The van der Waals surface area contributed by atoms with Crippen LogP contribution in [0.3, 0.4) is 0 Å². The number of ether oxygens (including phenoxy) is 2. The van der Waals surface area contributed by atoms with Gasteiger partial charge in [0, 0.05) is 19.6 Å². The molecule has 2 aliphatic rings. The molecule has 0 radical (unpaired) electrons. The fourth-order valence-corrected chi connectivity index (χ4v) is 3.98. The topological polar surface area (TPSA) is 84.9 Å². The lowest BCUT2D eigenvalue weighted by Crippen LogP contribution is -2.40. The van der Waals surface area contributed by atoms with E-state index in [1.54, 1.807) is 24.3 Å². The number of morpholine rings is 1. The Morgan fingerprint density at radius 3 is 2.52 bits per heavy atom. The smallest absolute Gasteiger partial charge is 0.246 e. The van der Waals surface area contributed by atoms with Crippen LogP contribution in [-0.2, 0) is 30.8 Å². The van der Waals surface area contributed by atoms with Crippen LogP contribution in [0.15, 0.2) is 29.2 Å². The van der Waals surface area contributed by atoms with E-state index in [0.29, 0.717) is 45.4 Å². The van der Waals surface area contributed by atoms with Gasteiger partial charge >= 0.3 is 0 Å². The van der Waals surface area contributed by atoms with E-state index in [-0.39, 0.29) is 17.4 Å². The molecule has 0 atom stereocenters. The van der Waals surface area contributed by atoms with E-state index < -0.39 is 10.0 Å². The van der Waals surface area contributed by atoms with Crippen LogP contribution in [0.5, 0.6) is 0 Å². The van der Waals surface area contributed by atoms with Crippen molar-refractivity contribution >= 4 is 15.9 Å². The van der Waals surface area contributed by atoms with E-state index in [2.05, 4.69) is 5.32 Å². The van der Waals surface area contributed by atoms with Crippen molar-refractivity contribution in [1.29, 1.82) is 0 Å². The number of nitrogens with zero attached hydrogens (tertiary/aromatic N) is 1. The highest BCUT2D eigenvalue weighted by molar-refractivity contribution is 7.89. The molecule has 1 heterocycles. The second-order valence-corrected chi connectivity index (χ2v) is 8.33. The molecule has 1 aliphatic carbocycles. The molecule has 1 aromatic carbocycles. The summed E-state index contributed by atoms with van der Waals surface area (Å²) in [5.41, 5.74) is 0.844. The molecule has 0 aromatic heterocycles. The Morgan fingerprint density at radius 1 is 1.20 bits per heavy atom. The molecule has 138 valence electrons. The number of nitrogens with one attached hydrogen (secondary N) is 1. The van der Waals surface area contributed by atoms with Gasteiger partial charge in [-0.15, -0.1) is 0 Å². The molecule has 2 fully saturated rings. The van der Waals surface area contributed by atoms with Crippen molar-refractivity contribution < 1.29 is 22.7 Å². The minimum Gasteiger partial charge on any atom is -0.379 e. The third-order valence-electron chi connectivity index (χ3n) is 4.30. The van der Waals surface area contributed by atoms with Crippen molar-refractivity contribution in [3.05, 3.63) is 29.8 Å². The monoisotopic (exact) mass is 368 g/mol. The molecular formula is C17H24N2O5S. The van der Waals surface area contributed by atoms with Gasteiger partial charge in [-0.25, -0.2) is 8.42 Å². The van der Waals surface area contributed by atoms with E-state index in [4.69, 9.17) is 9.47 Å². The number of hydrogen-bond acceptors (Lipinski definition) is 5. The number of sulfonamides is 1. The Balaban J connectivity index is 1.48. The maximum absolute atomic E-state index is 12.5.